The van der Waals surface area contributed by atoms with Crippen molar-refractivity contribution < 1.29 is 19.1 Å². The van der Waals surface area contributed by atoms with Gasteiger partial charge in [0, 0.05) is 12.8 Å². The summed E-state index contributed by atoms with van der Waals surface area (Å²) in [5.74, 6) is 0.0152. The predicted molar refractivity (Wildman–Crippen MR) is 67.7 cm³/mol. The molecule has 100 valence electrons. The molecule has 0 aromatic heterocycles. The average Bonchev–Trinajstić information content (AvgIpc) is 2.45. The number of hydrazone groups is 1. The van der Waals surface area contributed by atoms with Crippen molar-refractivity contribution in [1.29, 1.82) is 0 Å². The summed E-state index contributed by atoms with van der Waals surface area (Å²) in [6, 6.07) is 9.26. The number of amides is 1. The van der Waals surface area contributed by atoms with E-state index in [1.54, 1.807) is 0 Å². The van der Waals surface area contributed by atoms with Gasteiger partial charge in [0.25, 0.3) is 0 Å². The van der Waals surface area contributed by atoms with Gasteiger partial charge in [0.15, 0.2) is 0 Å². The highest BCUT2D eigenvalue weighted by atomic mass is 16.6. The van der Waals surface area contributed by atoms with Crippen molar-refractivity contribution in [2.75, 3.05) is 13.2 Å². The fourth-order valence-corrected chi connectivity index (χ4v) is 1.52. The average molecular weight is 262 g/mol. The lowest BCUT2D eigenvalue weighted by Crippen LogP contribution is -2.31. The first kappa shape index (κ1) is 13.1. The number of para-hydroxylation sites is 1. The largest absolute Gasteiger partial charge is 0.490 e. The molecular formula is C13H14N2O4. The minimum atomic E-state index is -0.517. The summed E-state index contributed by atoms with van der Waals surface area (Å²) in [5, 5.41) is 3.65. The second kappa shape index (κ2) is 6.53. The van der Waals surface area contributed by atoms with Gasteiger partial charge < -0.3 is 9.47 Å². The first-order valence-corrected chi connectivity index (χ1v) is 5.96. The fraction of sp³-hybridized carbons (Fsp3) is 0.308. The van der Waals surface area contributed by atoms with E-state index in [9.17, 15) is 9.59 Å². The molecule has 19 heavy (non-hydrogen) atoms. The van der Waals surface area contributed by atoms with Gasteiger partial charge in [-0.2, -0.15) is 5.10 Å². The maximum atomic E-state index is 11.6. The van der Waals surface area contributed by atoms with Crippen LogP contribution < -0.4 is 10.2 Å². The van der Waals surface area contributed by atoms with Crippen LogP contribution in [0.15, 0.2) is 35.4 Å². The maximum absolute atomic E-state index is 11.6. The number of carbonyl (C=O) groups excluding carboxylic acids is 2. The Hall–Kier alpha value is -2.37. The molecule has 1 aromatic rings. The normalized spacial score (nSPS) is 14.3. The maximum Gasteiger partial charge on any atom is 0.354 e. The summed E-state index contributed by atoms with van der Waals surface area (Å²) in [5.41, 5.74) is 2.48. The molecule has 1 N–H and O–H groups in total. The Bertz CT molecular complexity index is 485. The van der Waals surface area contributed by atoms with E-state index in [0.29, 0.717) is 6.42 Å². The molecule has 0 unspecified atom stereocenters. The molecule has 0 saturated heterocycles. The highest BCUT2D eigenvalue weighted by molar-refractivity contribution is 6.37. The summed E-state index contributed by atoms with van der Waals surface area (Å²) in [6.07, 6.45) is 0.568. The lowest BCUT2D eigenvalue weighted by Gasteiger charge is -2.11. The van der Waals surface area contributed by atoms with E-state index in [4.69, 9.17) is 9.47 Å². The van der Waals surface area contributed by atoms with Crippen molar-refractivity contribution in [1.82, 2.24) is 5.43 Å². The van der Waals surface area contributed by atoms with E-state index in [-0.39, 0.29) is 31.3 Å². The van der Waals surface area contributed by atoms with E-state index in [2.05, 4.69) is 10.5 Å². The van der Waals surface area contributed by atoms with Gasteiger partial charge in [0.1, 0.15) is 24.7 Å². The van der Waals surface area contributed by atoms with Crippen LogP contribution in [0.2, 0.25) is 0 Å². The number of ether oxygens (including phenoxy) is 2. The molecule has 6 nitrogen and oxygen atoms in total. The molecule has 0 spiro atoms. The molecule has 1 aromatic carbocycles. The van der Waals surface area contributed by atoms with Crippen LogP contribution in [0.3, 0.4) is 0 Å². The van der Waals surface area contributed by atoms with Crippen LogP contribution in [0, 0.1) is 0 Å². The zero-order chi connectivity index (χ0) is 13.5. The zero-order valence-corrected chi connectivity index (χ0v) is 10.3. The number of esters is 1. The van der Waals surface area contributed by atoms with Crippen molar-refractivity contribution in [2.24, 2.45) is 5.10 Å². The molecular weight excluding hydrogens is 248 g/mol. The van der Waals surface area contributed by atoms with Crippen LogP contribution in [0.1, 0.15) is 12.8 Å². The van der Waals surface area contributed by atoms with Gasteiger partial charge in [-0.25, -0.2) is 10.2 Å². The first-order valence-electron chi connectivity index (χ1n) is 5.96. The lowest BCUT2D eigenvalue weighted by molar-refractivity contribution is -0.136. The summed E-state index contributed by atoms with van der Waals surface area (Å²) in [4.78, 5) is 22.4. The molecule has 0 atom stereocenters. The second-order valence-corrected chi connectivity index (χ2v) is 3.89. The lowest BCUT2D eigenvalue weighted by atomic mass is 10.2. The van der Waals surface area contributed by atoms with Crippen LogP contribution in [-0.4, -0.2) is 30.8 Å². The van der Waals surface area contributed by atoms with E-state index in [1.807, 2.05) is 30.3 Å². The number of hydrogen-bond donors (Lipinski definition) is 1. The summed E-state index contributed by atoms with van der Waals surface area (Å²) in [7, 11) is 0. The minimum absolute atomic E-state index is 0.140. The number of hydrogen-bond acceptors (Lipinski definition) is 5. The number of rotatable bonds is 5. The molecule has 0 bridgehead atoms. The Balaban J connectivity index is 1.68. The van der Waals surface area contributed by atoms with Gasteiger partial charge in [-0.3, -0.25) is 4.79 Å². The molecule has 0 aliphatic carbocycles. The monoisotopic (exact) mass is 262 g/mol. The molecule has 0 radical (unpaired) electrons. The topological polar surface area (TPSA) is 77.0 Å². The molecule has 1 aliphatic heterocycles. The Morgan fingerprint density at radius 1 is 1.21 bits per heavy atom. The van der Waals surface area contributed by atoms with E-state index in [0.717, 1.165) is 5.75 Å². The Morgan fingerprint density at radius 3 is 2.68 bits per heavy atom. The Labute approximate surface area is 110 Å². The van der Waals surface area contributed by atoms with Crippen molar-refractivity contribution in [3.63, 3.8) is 0 Å². The summed E-state index contributed by atoms with van der Waals surface area (Å²) >= 11 is 0. The quantitative estimate of drug-likeness (QED) is 0.631. The molecule has 2 rings (SSSR count). The van der Waals surface area contributed by atoms with Gasteiger partial charge in [0.2, 0.25) is 5.91 Å². The first-order chi connectivity index (χ1) is 9.25. The smallest absolute Gasteiger partial charge is 0.354 e. The summed E-state index contributed by atoms with van der Waals surface area (Å²) in [6.45, 7) is 0.413. The number of carbonyl (C=O) groups is 2. The Morgan fingerprint density at radius 2 is 2.00 bits per heavy atom. The highest BCUT2D eigenvalue weighted by Crippen LogP contribution is 2.07. The third kappa shape index (κ3) is 4.09. The number of nitrogens with zero attached hydrogens (tertiary/aromatic N) is 1. The zero-order valence-electron chi connectivity index (χ0n) is 10.3. The van der Waals surface area contributed by atoms with Gasteiger partial charge in [-0.05, 0) is 12.1 Å². The van der Waals surface area contributed by atoms with Crippen molar-refractivity contribution in [3.05, 3.63) is 30.3 Å². The van der Waals surface area contributed by atoms with Crippen molar-refractivity contribution in [3.8, 4) is 5.75 Å². The van der Waals surface area contributed by atoms with E-state index in [1.165, 1.54) is 0 Å². The van der Waals surface area contributed by atoms with E-state index >= 15 is 0 Å². The highest BCUT2D eigenvalue weighted by Gasteiger charge is 2.19. The standard InChI is InChI=1S/C13H14N2O4/c16-12-7-6-11(14-15-12)13(17)19-9-8-18-10-4-2-1-3-5-10/h1-5H,6-9H2,(H,15,16). The minimum Gasteiger partial charge on any atom is -0.490 e. The Kier molecular flexibility index (Phi) is 4.49. The third-order valence-corrected chi connectivity index (χ3v) is 2.47. The van der Waals surface area contributed by atoms with Crippen LogP contribution in [-0.2, 0) is 14.3 Å². The third-order valence-electron chi connectivity index (χ3n) is 2.47. The van der Waals surface area contributed by atoms with Crippen LogP contribution in [0.4, 0.5) is 0 Å². The SMILES string of the molecule is O=C1CCC(C(=O)OCCOc2ccccc2)=NN1. The molecule has 0 fully saturated rings. The van der Waals surface area contributed by atoms with Crippen molar-refractivity contribution in [2.45, 2.75) is 12.8 Å². The number of benzene rings is 1. The molecule has 6 heteroatoms. The van der Waals surface area contributed by atoms with Crippen LogP contribution >= 0.6 is 0 Å². The van der Waals surface area contributed by atoms with Gasteiger partial charge in [-0.15, -0.1) is 0 Å². The van der Waals surface area contributed by atoms with Crippen LogP contribution in [0.5, 0.6) is 5.75 Å². The van der Waals surface area contributed by atoms with Crippen LogP contribution in [0.25, 0.3) is 0 Å². The van der Waals surface area contributed by atoms with Gasteiger partial charge in [0.05, 0.1) is 0 Å². The van der Waals surface area contributed by atoms with E-state index < -0.39 is 5.97 Å². The molecule has 1 heterocycles. The van der Waals surface area contributed by atoms with Gasteiger partial charge >= 0.3 is 5.97 Å². The molecule has 1 amide bonds. The number of nitrogens with one attached hydrogen (secondary N) is 1. The predicted octanol–water partition coefficient (Wildman–Crippen LogP) is 0.875. The van der Waals surface area contributed by atoms with Gasteiger partial charge in [-0.1, -0.05) is 18.2 Å². The fourth-order valence-electron chi connectivity index (χ4n) is 1.52. The van der Waals surface area contributed by atoms with Crippen molar-refractivity contribution >= 4 is 17.6 Å². The summed E-state index contributed by atoms with van der Waals surface area (Å²) < 4.78 is 10.4. The second-order valence-electron chi connectivity index (χ2n) is 3.89. The molecule has 1 aliphatic rings. The molecule has 0 saturated carbocycles.